The van der Waals surface area contributed by atoms with Crippen molar-refractivity contribution < 1.29 is 17.2 Å². The predicted molar refractivity (Wildman–Crippen MR) is 85.5 cm³/mol. The van der Waals surface area contributed by atoms with Gasteiger partial charge in [0.2, 0.25) is 9.84 Å². The second kappa shape index (κ2) is 6.75. The van der Waals surface area contributed by atoms with Crippen molar-refractivity contribution in [1.29, 1.82) is 0 Å². The third-order valence-electron chi connectivity index (χ3n) is 3.13. The van der Waals surface area contributed by atoms with Gasteiger partial charge in [-0.25, -0.2) is 8.42 Å². The lowest BCUT2D eigenvalue weighted by atomic mass is 10.2. The van der Waals surface area contributed by atoms with Crippen molar-refractivity contribution in [2.45, 2.75) is 37.0 Å². The van der Waals surface area contributed by atoms with E-state index in [0.29, 0.717) is 5.69 Å². The Morgan fingerprint density at radius 2 is 1.77 bits per heavy atom. The van der Waals surface area contributed by atoms with Gasteiger partial charge in [0.15, 0.2) is 0 Å². The molecule has 0 saturated carbocycles. The highest BCUT2D eigenvalue weighted by Crippen LogP contribution is 2.22. The molecule has 2 aromatic rings. The third-order valence-corrected chi connectivity index (χ3v) is 5.56. The second-order valence-electron chi connectivity index (χ2n) is 5.09. The van der Waals surface area contributed by atoms with Gasteiger partial charge in [-0.2, -0.15) is 8.78 Å². The summed E-state index contributed by atoms with van der Waals surface area (Å²) in [5.74, 6) is -3.40. The molecule has 7 heteroatoms. The van der Waals surface area contributed by atoms with E-state index in [1.807, 2.05) is 6.92 Å². The maximum Gasteiger partial charge on any atom is 0.341 e. The maximum absolute atomic E-state index is 12.5. The molecule has 0 fully saturated rings. The lowest BCUT2D eigenvalue weighted by molar-refractivity contribution is 0.234. The standard InChI is InChI=1S/C15H17F2NO2S2/c1-10(9-13-6-3-11(2)21-13)18-12-4-7-14(8-5-12)22(19,20)15(16)17/h3-8,10,15,18H,9H2,1-2H3. The van der Waals surface area contributed by atoms with Gasteiger partial charge in [0.25, 0.3) is 0 Å². The minimum Gasteiger partial charge on any atom is -0.382 e. The number of thiophene rings is 1. The summed E-state index contributed by atoms with van der Waals surface area (Å²) in [5.41, 5.74) is 0.703. The number of hydrogen-bond donors (Lipinski definition) is 1. The Bertz CT molecular complexity index is 724. The fourth-order valence-corrected chi connectivity index (χ4v) is 3.82. The summed E-state index contributed by atoms with van der Waals surface area (Å²) < 4.78 is 47.6. The van der Waals surface area contributed by atoms with Crippen molar-refractivity contribution in [1.82, 2.24) is 0 Å². The van der Waals surface area contributed by atoms with Crippen LogP contribution in [0, 0.1) is 6.92 Å². The smallest absolute Gasteiger partial charge is 0.341 e. The topological polar surface area (TPSA) is 46.2 Å². The van der Waals surface area contributed by atoms with E-state index in [1.54, 1.807) is 11.3 Å². The predicted octanol–water partition coefficient (Wildman–Crippen LogP) is 4.10. The van der Waals surface area contributed by atoms with Crippen molar-refractivity contribution in [2.24, 2.45) is 0 Å². The van der Waals surface area contributed by atoms with Gasteiger partial charge in [-0.3, -0.25) is 0 Å². The summed E-state index contributed by atoms with van der Waals surface area (Å²) in [7, 11) is -4.53. The Hall–Kier alpha value is -1.47. The number of alkyl halides is 2. The first kappa shape index (κ1) is 16.9. The Labute approximate surface area is 132 Å². The molecular weight excluding hydrogens is 328 g/mol. The van der Waals surface area contributed by atoms with Crippen molar-refractivity contribution in [2.75, 3.05) is 5.32 Å². The van der Waals surface area contributed by atoms with Crippen LogP contribution >= 0.6 is 11.3 Å². The minimum absolute atomic E-state index is 0.149. The van der Waals surface area contributed by atoms with E-state index < -0.39 is 15.6 Å². The molecule has 3 nitrogen and oxygen atoms in total. The zero-order valence-corrected chi connectivity index (χ0v) is 13.8. The highest BCUT2D eigenvalue weighted by Gasteiger charge is 2.26. The number of aryl methyl sites for hydroxylation is 1. The molecule has 0 aliphatic carbocycles. The lowest BCUT2D eigenvalue weighted by Crippen LogP contribution is -2.17. The fourth-order valence-electron chi connectivity index (χ4n) is 2.08. The molecule has 1 N–H and O–H groups in total. The van der Waals surface area contributed by atoms with Crippen LogP contribution in [0.5, 0.6) is 0 Å². The van der Waals surface area contributed by atoms with Crippen LogP contribution < -0.4 is 5.32 Å². The van der Waals surface area contributed by atoms with E-state index in [0.717, 1.165) is 6.42 Å². The number of halogens is 2. The van der Waals surface area contributed by atoms with E-state index >= 15 is 0 Å². The van der Waals surface area contributed by atoms with Crippen molar-refractivity contribution in [3.05, 3.63) is 46.2 Å². The van der Waals surface area contributed by atoms with Gasteiger partial charge in [0.05, 0.1) is 4.90 Å². The normalized spacial score (nSPS) is 13.3. The molecular formula is C15H17F2NO2S2. The van der Waals surface area contributed by atoms with E-state index in [1.165, 1.54) is 34.0 Å². The van der Waals surface area contributed by atoms with E-state index in [-0.39, 0.29) is 10.9 Å². The largest absolute Gasteiger partial charge is 0.382 e. The molecule has 0 spiro atoms. The van der Waals surface area contributed by atoms with Gasteiger partial charge in [-0.05, 0) is 50.2 Å². The molecule has 0 radical (unpaired) electrons. The van der Waals surface area contributed by atoms with Crippen LogP contribution in [0.15, 0.2) is 41.3 Å². The summed E-state index contributed by atoms with van der Waals surface area (Å²) in [4.78, 5) is 2.15. The van der Waals surface area contributed by atoms with Gasteiger partial charge in [0.1, 0.15) is 0 Å². The zero-order chi connectivity index (χ0) is 16.3. The minimum atomic E-state index is -4.53. The summed E-state index contributed by atoms with van der Waals surface area (Å²) in [6.07, 6.45) is 0.843. The van der Waals surface area contributed by atoms with E-state index in [9.17, 15) is 17.2 Å². The Kier molecular flexibility index (Phi) is 5.18. The van der Waals surface area contributed by atoms with Crippen LogP contribution in [0.4, 0.5) is 14.5 Å². The number of hydrogen-bond acceptors (Lipinski definition) is 4. The average Bonchev–Trinajstić information content (AvgIpc) is 2.84. The van der Waals surface area contributed by atoms with Gasteiger partial charge in [0, 0.05) is 27.9 Å². The zero-order valence-electron chi connectivity index (χ0n) is 12.2. The fraction of sp³-hybridized carbons (Fsp3) is 0.333. The Morgan fingerprint density at radius 1 is 1.14 bits per heavy atom. The van der Waals surface area contributed by atoms with Crippen LogP contribution in [-0.4, -0.2) is 20.2 Å². The number of anilines is 1. The molecule has 1 aromatic carbocycles. The first-order chi connectivity index (χ1) is 10.3. The van der Waals surface area contributed by atoms with Crippen molar-refractivity contribution in [3.8, 4) is 0 Å². The molecule has 0 aliphatic rings. The Morgan fingerprint density at radius 3 is 2.27 bits per heavy atom. The van der Waals surface area contributed by atoms with Crippen LogP contribution in [0.25, 0.3) is 0 Å². The number of nitrogens with one attached hydrogen (secondary N) is 1. The van der Waals surface area contributed by atoms with Crippen LogP contribution in [0.1, 0.15) is 16.7 Å². The van der Waals surface area contributed by atoms with E-state index in [2.05, 4.69) is 24.4 Å². The van der Waals surface area contributed by atoms with Crippen molar-refractivity contribution in [3.63, 3.8) is 0 Å². The van der Waals surface area contributed by atoms with E-state index in [4.69, 9.17) is 0 Å². The summed E-state index contributed by atoms with van der Waals surface area (Å²) in [6.45, 7) is 4.06. The van der Waals surface area contributed by atoms with Gasteiger partial charge >= 0.3 is 5.76 Å². The molecule has 22 heavy (non-hydrogen) atoms. The molecule has 1 aromatic heterocycles. The molecule has 0 amide bonds. The average molecular weight is 345 g/mol. The molecule has 1 atom stereocenters. The lowest BCUT2D eigenvalue weighted by Gasteiger charge is -2.14. The summed E-state index contributed by atoms with van der Waals surface area (Å²) in [6, 6.07) is 9.71. The van der Waals surface area contributed by atoms with Crippen LogP contribution in [0.2, 0.25) is 0 Å². The van der Waals surface area contributed by atoms with Gasteiger partial charge in [-0.15, -0.1) is 11.3 Å². The SMILES string of the molecule is Cc1ccc(CC(C)Nc2ccc(S(=O)(=O)C(F)F)cc2)s1. The molecule has 120 valence electrons. The molecule has 1 heterocycles. The summed E-state index contributed by atoms with van der Waals surface area (Å²) >= 11 is 1.73. The molecule has 0 saturated heterocycles. The van der Waals surface area contributed by atoms with Gasteiger partial charge < -0.3 is 5.32 Å². The summed E-state index contributed by atoms with van der Waals surface area (Å²) in [5, 5.41) is 3.23. The Balaban J connectivity index is 2.02. The number of sulfone groups is 1. The third kappa shape index (κ3) is 4.04. The molecule has 2 rings (SSSR count). The number of benzene rings is 1. The molecule has 1 unspecified atom stereocenters. The quantitative estimate of drug-likeness (QED) is 0.857. The molecule has 0 bridgehead atoms. The second-order valence-corrected chi connectivity index (χ2v) is 8.38. The van der Waals surface area contributed by atoms with Gasteiger partial charge in [-0.1, -0.05) is 0 Å². The molecule has 0 aliphatic heterocycles. The number of rotatable bonds is 6. The highest BCUT2D eigenvalue weighted by atomic mass is 32.2. The monoisotopic (exact) mass is 345 g/mol. The van der Waals surface area contributed by atoms with Crippen molar-refractivity contribution >= 4 is 26.9 Å². The van der Waals surface area contributed by atoms with Crippen LogP contribution in [-0.2, 0) is 16.3 Å². The first-order valence-corrected chi connectivity index (χ1v) is 9.09. The van der Waals surface area contributed by atoms with Crippen LogP contribution in [0.3, 0.4) is 0 Å². The highest BCUT2D eigenvalue weighted by molar-refractivity contribution is 7.91. The first-order valence-electron chi connectivity index (χ1n) is 6.73. The maximum atomic E-state index is 12.5.